The summed E-state index contributed by atoms with van der Waals surface area (Å²) in [4.78, 5) is 0.0216. The third-order valence-electron chi connectivity index (χ3n) is 2.50. The molecule has 0 aromatic heterocycles. The average molecular weight is 316 g/mol. The van der Waals surface area contributed by atoms with Crippen molar-refractivity contribution in [3.05, 3.63) is 58.1 Å². The SMILES string of the molecule is Cc1ccc(NS(=O)(=O)c2ccccc2Cl)c(Cl)c1. The van der Waals surface area contributed by atoms with Crippen LogP contribution in [-0.2, 0) is 10.0 Å². The third kappa shape index (κ3) is 3.21. The smallest absolute Gasteiger partial charge is 0.263 e. The van der Waals surface area contributed by atoms with Crippen LogP contribution in [-0.4, -0.2) is 8.42 Å². The molecule has 2 aromatic rings. The van der Waals surface area contributed by atoms with E-state index in [9.17, 15) is 8.42 Å². The maximum Gasteiger partial charge on any atom is 0.263 e. The molecular weight excluding hydrogens is 305 g/mol. The highest BCUT2D eigenvalue weighted by Crippen LogP contribution is 2.27. The van der Waals surface area contributed by atoms with Crippen molar-refractivity contribution in [3.63, 3.8) is 0 Å². The lowest BCUT2D eigenvalue weighted by Crippen LogP contribution is -2.13. The van der Waals surface area contributed by atoms with Crippen molar-refractivity contribution >= 4 is 38.9 Å². The van der Waals surface area contributed by atoms with Crippen LogP contribution in [0.15, 0.2) is 47.4 Å². The number of rotatable bonds is 3. The van der Waals surface area contributed by atoms with Gasteiger partial charge in [-0.05, 0) is 36.8 Å². The van der Waals surface area contributed by atoms with Gasteiger partial charge in [0, 0.05) is 0 Å². The monoisotopic (exact) mass is 315 g/mol. The van der Waals surface area contributed by atoms with Crippen LogP contribution in [0.3, 0.4) is 0 Å². The summed E-state index contributed by atoms with van der Waals surface area (Å²) in [7, 11) is -3.75. The van der Waals surface area contributed by atoms with Crippen LogP contribution in [0.2, 0.25) is 10.0 Å². The molecule has 1 N–H and O–H groups in total. The minimum atomic E-state index is -3.75. The first-order valence-electron chi connectivity index (χ1n) is 5.43. The fourth-order valence-electron chi connectivity index (χ4n) is 1.57. The third-order valence-corrected chi connectivity index (χ3v) is 4.67. The van der Waals surface area contributed by atoms with Crippen molar-refractivity contribution in [1.82, 2.24) is 0 Å². The molecule has 0 amide bonds. The lowest BCUT2D eigenvalue weighted by Gasteiger charge is -2.11. The number of nitrogens with one attached hydrogen (secondary N) is 1. The van der Waals surface area contributed by atoms with E-state index in [0.717, 1.165) is 5.56 Å². The molecule has 19 heavy (non-hydrogen) atoms. The first-order valence-corrected chi connectivity index (χ1v) is 7.67. The van der Waals surface area contributed by atoms with E-state index in [2.05, 4.69) is 4.72 Å². The van der Waals surface area contributed by atoms with Crippen molar-refractivity contribution < 1.29 is 8.42 Å². The minimum absolute atomic E-state index is 0.0216. The fraction of sp³-hybridized carbons (Fsp3) is 0.0769. The molecule has 2 rings (SSSR count). The molecule has 0 atom stereocenters. The molecule has 0 radical (unpaired) electrons. The van der Waals surface area contributed by atoms with E-state index >= 15 is 0 Å². The van der Waals surface area contributed by atoms with Gasteiger partial charge in [0.2, 0.25) is 0 Å². The molecule has 0 fully saturated rings. The van der Waals surface area contributed by atoms with E-state index in [-0.39, 0.29) is 9.92 Å². The van der Waals surface area contributed by atoms with Gasteiger partial charge in [-0.3, -0.25) is 4.72 Å². The largest absolute Gasteiger partial charge is 0.278 e. The zero-order valence-electron chi connectivity index (χ0n) is 10.0. The van der Waals surface area contributed by atoms with Crippen molar-refractivity contribution in [2.75, 3.05) is 4.72 Å². The van der Waals surface area contributed by atoms with E-state index in [4.69, 9.17) is 23.2 Å². The highest BCUT2D eigenvalue weighted by Gasteiger charge is 2.18. The van der Waals surface area contributed by atoms with Gasteiger partial charge in [0.25, 0.3) is 10.0 Å². The van der Waals surface area contributed by atoms with Gasteiger partial charge in [-0.1, -0.05) is 41.4 Å². The molecule has 0 aliphatic carbocycles. The summed E-state index contributed by atoms with van der Waals surface area (Å²) < 4.78 is 26.8. The summed E-state index contributed by atoms with van der Waals surface area (Å²) in [6.07, 6.45) is 0. The summed E-state index contributed by atoms with van der Waals surface area (Å²) >= 11 is 11.9. The Morgan fingerprint density at radius 2 is 1.68 bits per heavy atom. The van der Waals surface area contributed by atoms with Crippen LogP contribution in [0.4, 0.5) is 5.69 Å². The highest BCUT2D eigenvalue weighted by atomic mass is 35.5. The molecule has 0 bridgehead atoms. The number of anilines is 1. The molecule has 0 aliphatic rings. The quantitative estimate of drug-likeness (QED) is 0.926. The molecular formula is C13H11Cl2NO2S. The van der Waals surface area contributed by atoms with Gasteiger partial charge >= 0.3 is 0 Å². The topological polar surface area (TPSA) is 46.2 Å². The lowest BCUT2D eigenvalue weighted by molar-refractivity contribution is 0.601. The second-order valence-electron chi connectivity index (χ2n) is 4.02. The number of hydrogen-bond donors (Lipinski definition) is 1. The van der Waals surface area contributed by atoms with Crippen molar-refractivity contribution in [1.29, 1.82) is 0 Å². The van der Waals surface area contributed by atoms with E-state index in [1.54, 1.807) is 30.3 Å². The standard InChI is InChI=1S/C13H11Cl2NO2S/c1-9-6-7-12(11(15)8-9)16-19(17,18)13-5-3-2-4-10(13)14/h2-8,16H,1H3. The Balaban J connectivity index is 2.40. The fourth-order valence-corrected chi connectivity index (χ4v) is 3.50. The number of benzene rings is 2. The van der Waals surface area contributed by atoms with Gasteiger partial charge < -0.3 is 0 Å². The normalized spacial score (nSPS) is 11.3. The Hall–Kier alpha value is -1.23. The molecule has 0 spiro atoms. The van der Waals surface area contributed by atoms with E-state index in [1.807, 2.05) is 6.92 Å². The molecule has 0 saturated heterocycles. The Labute approximate surface area is 122 Å². The van der Waals surface area contributed by atoms with Crippen molar-refractivity contribution in [2.45, 2.75) is 11.8 Å². The zero-order chi connectivity index (χ0) is 14.0. The summed E-state index contributed by atoms with van der Waals surface area (Å²) in [6.45, 7) is 1.87. The van der Waals surface area contributed by atoms with E-state index in [0.29, 0.717) is 10.7 Å². The molecule has 0 saturated carbocycles. The Morgan fingerprint density at radius 1 is 1.00 bits per heavy atom. The summed E-state index contributed by atoms with van der Waals surface area (Å²) in [6, 6.07) is 11.3. The predicted molar refractivity (Wildman–Crippen MR) is 78.4 cm³/mol. The summed E-state index contributed by atoms with van der Waals surface area (Å²) in [5, 5.41) is 0.508. The molecule has 100 valence electrons. The van der Waals surface area contributed by atoms with Crippen molar-refractivity contribution in [3.8, 4) is 0 Å². The molecule has 0 unspecified atom stereocenters. The van der Waals surface area contributed by atoms with Crippen LogP contribution in [0, 0.1) is 6.92 Å². The first kappa shape index (κ1) is 14.2. The summed E-state index contributed by atoms with van der Waals surface area (Å²) in [5.41, 5.74) is 1.28. The molecule has 0 aliphatic heterocycles. The number of hydrogen-bond acceptors (Lipinski definition) is 2. The maximum atomic E-state index is 12.2. The van der Waals surface area contributed by atoms with Gasteiger partial charge in [0.1, 0.15) is 4.90 Å². The first-order chi connectivity index (χ1) is 8.90. The number of aryl methyl sites for hydroxylation is 1. The van der Waals surface area contributed by atoms with Gasteiger partial charge in [-0.25, -0.2) is 8.42 Å². The average Bonchev–Trinajstić information content (AvgIpc) is 2.33. The van der Waals surface area contributed by atoms with Crippen molar-refractivity contribution in [2.24, 2.45) is 0 Å². The van der Waals surface area contributed by atoms with E-state index in [1.165, 1.54) is 12.1 Å². The van der Waals surface area contributed by atoms with E-state index < -0.39 is 10.0 Å². The molecule has 6 heteroatoms. The second kappa shape index (κ2) is 5.41. The van der Waals surface area contributed by atoms with Crippen LogP contribution < -0.4 is 4.72 Å². The van der Waals surface area contributed by atoms with Crippen LogP contribution in [0.25, 0.3) is 0 Å². The van der Waals surface area contributed by atoms with Gasteiger partial charge in [-0.15, -0.1) is 0 Å². The van der Waals surface area contributed by atoms with Gasteiger partial charge in [0.15, 0.2) is 0 Å². The molecule has 0 heterocycles. The molecule has 2 aromatic carbocycles. The Kier molecular flexibility index (Phi) is 4.04. The second-order valence-corrected chi connectivity index (χ2v) is 6.48. The van der Waals surface area contributed by atoms with Crippen LogP contribution in [0.1, 0.15) is 5.56 Å². The lowest BCUT2D eigenvalue weighted by atomic mass is 10.2. The Morgan fingerprint density at radius 3 is 2.32 bits per heavy atom. The van der Waals surface area contributed by atoms with Gasteiger partial charge in [-0.2, -0.15) is 0 Å². The maximum absolute atomic E-state index is 12.2. The number of halogens is 2. The molecule has 3 nitrogen and oxygen atoms in total. The highest BCUT2D eigenvalue weighted by molar-refractivity contribution is 7.92. The minimum Gasteiger partial charge on any atom is -0.278 e. The predicted octanol–water partition coefficient (Wildman–Crippen LogP) is 4.10. The van der Waals surface area contributed by atoms with Crippen LogP contribution in [0.5, 0.6) is 0 Å². The number of sulfonamides is 1. The zero-order valence-corrected chi connectivity index (χ0v) is 12.4. The van der Waals surface area contributed by atoms with Crippen LogP contribution >= 0.6 is 23.2 Å². The van der Waals surface area contributed by atoms with Gasteiger partial charge in [0.05, 0.1) is 15.7 Å². The summed E-state index contributed by atoms with van der Waals surface area (Å²) in [5.74, 6) is 0. The Bertz CT molecular complexity index is 714.